The van der Waals surface area contributed by atoms with E-state index in [1.54, 1.807) is 28.6 Å². The van der Waals surface area contributed by atoms with Gasteiger partial charge >= 0.3 is 0 Å². The van der Waals surface area contributed by atoms with E-state index in [4.69, 9.17) is 10.5 Å². The van der Waals surface area contributed by atoms with Gasteiger partial charge in [0.15, 0.2) is 4.90 Å². The Morgan fingerprint density at radius 1 is 1.45 bits per heavy atom. The van der Waals surface area contributed by atoms with Crippen LogP contribution in [-0.4, -0.2) is 35.1 Å². The van der Waals surface area contributed by atoms with Gasteiger partial charge in [0.25, 0.3) is 0 Å². The van der Waals surface area contributed by atoms with Crippen LogP contribution in [0.15, 0.2) is 41.1 Å². The predicted octanol–water partition coefficient (Wildman–Crippen LogP) is 2.24. The molecule has 0 aliphatic carbocycles. The Balaban J connectivity index is 2.64. The first kappa shape index (κ1) is 17.0. The first-order valence-corrected chi connectivity index (χ1v) is 7.46. The van der Waals surface area contributed by atoms with Crippen LogP contribution < -0.4 is 10.5 Å². The molecule has 1 unspecified atom stereocenters. The topological polar surface area (TPSA) is 61.5 Å². The van der Waals surface area contributed by atoms with Crippen molar-refractivity contribution in [2.24, 2.45) is 5.73 Å². The molecule has 0 bridgehead atoms. The monoisotopic (exact) mass is 300 g/mol. The van der Waals surface area contributed by atoms with E-state index >= 15 is 0 Å². The Hall–Kier alpha value is -1.08. The zero-order valence-corrected chi connectivity index (χ0v) is 12.8. The molecule has 0 aliphatic heterocycles. The number of nitrogens with zero attached hydrogens (tertiary/aromatic N) is 1. The van der Waals surface area contributed by atoms with Gasteiger partial charge in [-0.2, -0.15) is 0 Å². The summed E-state index contributed by atoms with van der Waals surface area (Å²) in [5.41, 5.74) is 5.73. The molecule has 1 rings (SSSR count). The zero-order chi connectivity index (χ0) is 15.1. The second kappa shape index (κ2) is 8.26. The molecule has 0 radical (unpaired) electrons. The number of nitrogens with two attached hydrogens (primary N) is 1. The molecule has 6 heteroatoms. The van der Waals surface area contributed by atoms with Crippen molar-refractivity contribution in [3.05, 3.63) is 36.2 Å². The molecular formula is C14H21FN2O2S. The first-order chi connectivity index (χ1) is 9.49. The van der Waals surface area contributed by atoms with Crippen LogP contribution in [-0.2, 0) is 11.4 Å². The summed E-state index contributed by atoms with van der Waals surface area (Å²) >= 11 is -1.20. The molecule has 1 aromatic carbocycles. The fourth-order valence-electron chi connectivity index (χ4n) is 1.32. The number of hydrogen-bond acceptors (Lipinski definition) is 4. The molecule has 0 saturated carbocycles. The molecule has 0 fully saturated rings. The largest absolute Gasteiger partial charge is 0.593 e. The highest BCUT2D eigenvalue weighted by Gasteiger charge is 2.20. The van der Waals surface area contributed by atoms with Crippen molar-refractivity contribution in [2.75, 3.05) is 20.2 Å². The predicted molar refractivity (Wildman–Crippen MR) is 79.5 cm³/mol. The summed E-state index contributed by atoms with van der Waals surface area (Å²) in [6, 6.07) is 7.10. The first-order valence-electron chi connectivity index (χ1n) is 6.35. The summed E-state index contributed by atoms with van der Waals surface area (Å²) in [6.45, 7) is 4.19. The maximum Gasteiger partial charge on any atom is 0.174 e. The van der Waals surface area contributed by atoms with Crippen LogP contribution in [0.5, 0.6) is 5.75 Å². The second-order valence-electron chi connectivity index (χ2n) is 4.62. The summed E-state index contributed by atoms with van der Waals surface area (Å²) in [7, 11) is 1.81. The molecule has 112 valence electrons. The van der Waals surface area contributed by atoms with Crippen LogP contribution in [0.2, 0.25) is 0 Å². The second-order valence-corrected chi connectivity index (χ2v) is 6.17. The van der Waals surface area contributed by atoms with Gasteiger partial charge in [-0.25, -0.2) is 4.39 Å². The van der Waals surface area contributed by atoms with E-state index in [2.05, 4.69) is 0 Å². The lowest BCUT2D eigenvalue weighted by molar-refractivity contribution is 0.347. The highest BCUT2D eigenvalue weighted by molar-refractivity contribution is 7.89. The lowest BCUT2D eigenvalue weighted by Crippen LogP contribution is -2.33. The normalized spacial score (nSPS) is 13.9. The quantitative estimate of drug-likeness (QED) is 0.785. The van der Waals surface area contributed by atoms with Crippen LogP contribution >= 0.6 is 0 Å². The number of hydrogen-bond donors (Lipinski definition) is 1. The molecule has 1 aromatic rings. The van der Waals surface area contributed by atoms with E-state index in [1.165, 1.54) is 0 Å². The maximum absolute atomic E-state index is 12.3. The number of rotatable bonds is 7. The fourth-order valence-corrected chi connectivity index (χ4v) is 2.41. The van der Waals surface area contributed by atoms with Crippen molar-refractivity contribution < 1.29 is 13.7 Å². The van der Waals surface area contributed by atoms with E-state index in [-0.39, 0.29) is 19.2 Å². The van der Waals surface area contributed by atoms with E-state index in [0.717, 1.165) is 0 Å². The van der Waals surface area contributed by atoms with Gasteiger partial charge in [-0.15, -0.1) is 4.31 Å². The summed E-state index contributed by atoms with van der Waals surface area (Å²) in [4.78, 5) is 0.702. The van der Waals surface area contributed by atoms with Gasteiger partial charge in [0.2, 0.25) is 0 Å². The Morgan fingerprint density at radius 3 is 2.50 bits per heavy atom. The minimum Gasteiger partial charge on any atom is -0.593 e. The van der Waals surface area contributed by atoms with Crippen molar-refractivity contribution in [3.8, 4) is 5.75 Å². The Bertz CT molecular complexity index is 437. The third-order valence-electron chi connectivity index (χ3n) is 2.85. The number of ether oxygens (including phenoxy) is 1. The lowest BCUT2D eigenvalue weighted by atomic mass is 10.3. The molecule has 0 spiro atoms. The average Bonchev–Trinajstić information content (AvgIpc) is 2.47. The molecule has 1 atom stereocenters. The SMILES string of the molecule is CC(C)N(C)[S+]([O-])c1ccc(OC/C(=C\F)CN)cc1. The van der Waals surface area contributed by atoms with Gasteiger partial charge in [-0.1, -0.05) is 0 Å². The zero-order valence-electron chi connectivity index (χ0n) is 12.0. The van der Waals surface area contributed by atoms with Crippen molar-refractivity contribution in [1.82, 2.24) is 4.31 Å². The van der Waals surface area contributed by atoms with E-state index in [0.29, 0.717) is 22.5 Å². The maximum atomic E-state index is 12.3. The van der Waals surface area contributed by atoms with Crippen molar-refractivity contribution >= 4 is 11.4 Å². The molecule has 0 heterocycles. The summed E-state index contributed by atoms with van der Waals surface area (Å²) in [5.74, 6) is 0.589. The molecule has 0 aliphatic rings. The van der Waals surface area contributed by atoms with Gasteiger partial charge in [0, 0.05) is 19.2 Å². The fraction of sp³-hybridized carbons (Fsp3) is 0.429. The van der Waals surface area contributed by atoms with Crippen molar-refractivity contribution in [1.29, 1.82) is 0 Å². The third kappa shape index (κ3) is 4.79. The minimum atomic E-state index is -1.20. The molecular weight excluding hydrogens is 279 g/mol. The van der Waals surface area contributed by atoms with Crippen molar-refractivity contribution in [2.45, 2.75) is 24.8 Å². The summed E-state index contributed by atoms with van der Waals surface area (Å²) < 4.78 is 31.7. The van der Waals surface area contributed by atoms with Gasteiger partial charge in [0.1, 0.15) is 12.4 Å². The molecule has 0 saturated heterocycles. The van der Waals surface area contributed by atoms with Crippen LogP contribution in [0, 0.1) is 0 Å². The number of benzene rings is 1. The van der Waals surface area contributed by atoms with Gasteiger partial charge < -0.3 is 15.0 Å². The molecule has 2 N–H and O–H groups in total. The number of halogens is 1. The van der Waals surface area contributed by atoms with Crippen molar-refractivity contribution in [3.63, 3.8) is 0 Å². The van der Waals surface area contributed by atoms with Crippen LogP contribution in [0.1, 0.15) is 13.8 Å². The average molecular weight is 300 g/mol. The van der Waals surface area contributed by atoms with Gasteiger partial charge in [-0.05, 0) is 38.1 Å². The molecule has 4 nitrogen and oxygen atoms in total. The molecule has 0 aromatic heterocycles. The van der Waals surface area contributed by atoms with Crippen LogP contribution in [0.4, 0.5) is 4.39 Å². The standard InChI is InChI=1S/C14H21FN2O2S/c1-11(2)17(3)20(18)14-6-4-13(5-7-14)19-10-12(8-15)9-16/h4-8,11H,9-10,16H2,1-3H3/b12-8-. The summed E-state index contributed by atoms with van der Waals surface area (Å²) in [6.07, 6.45) is 0.459. The van der Waals surface area contributed by atoms with Gasteiger partial charge in [0.05, 0.1) is 23.7 Å². The molecule has 20 heavy (non-hydrogen) atoms. The van der Waals surface area contributed by atoms with E-state index in [9.17, 15) is 8.94 Å². The minimum absolute atomic E-state index is 0.112. The Labute approximate surface area is 122 Å². The van der Waals surface area contributed by atoms with Gasteiger partial charge in [-0.3, -0.25) is 0 Å². The third-order valence-corrected chi connectivity index (χ3v) is 4.48. The Kier molecular flexibility index (Phi) is 7.01. The highest BCUT2D eigenvalue weighted by Crippen LogP contribution is 2.20. The highest BCUT2D eigenvalue weighted by atomic mass is 32.2. The molecule has 0 amide bonds. The van der Waals surface area contributed by atoms with Crippen LogP contribution in [0.25, 0.3) is 0 Å². The summed E-state index contributed by atoms with van der Waals surface area (Å²) in [5, 5.41) is 0. The lowest BCUT2D eigenvalue weighted by Gasteiger charge is -2.23. The van der Waals surface area contributed by atoms with E-state index < -0.39 is 11.4 Å². The van der Waals surface area contributed by atoms with E-state index in [1.807, 2.05) is 20.9 Å². The Morgan fingerprint density at radius 2 is 2.05 bits per heavy atom. The van der Waals surface area contributed by atoms with Crippen LogP contribution in [0.3, 0.4) is 0 Å². The smallest absolute Gasteiger partial charge is 0.174 e.